The molecule has 0 aliphatic rings. The number of aromatic nitrogens is 1. The molecular formula is C20H26N2O3S. The number of carboxylic acids is 1. The maximum absolute atomic E-state index is 11.6. The smallest absolute Gasteiger partial charge is 0.321 e. The number of nitrogens with one attached hydrogen (secondary N) is 1. The lowest BCUT2D eigenvalue weighted by molar-refractivity contribution is -0.139. The van der Waals surface area contributed by atoms with E-state index in [-0.39, 0.29) is 6.42 Å². The molecule has 0 fully saturated rings. The first-order valence-electron chi connectivity index (χ1n) is 8.75. The van der Waals surface area contributed by atoms with Crippen molar-refractivity contribution in [2.45, 2.75) is 52.6 Å². The third-order valence-corrected chi connectivity index (χ3v) is 4.92. The molecule has 0 bridgehead atoms. The summed E-state index contributed by atoms with van der Waals surface area (Å²) in [5.74, 6) is -0.660. The molecule has 2 aromatic rings. The van der Waals surface area contributed by atoms with Crippen LogP contribution in [0.3, 0.4) is 0 Å². The quantitative estimate of drug-likeness (QED) is 0.655. The standard InChI is InChI=1S/C20H26N2O3S/c1-12(2)5-16(10-23)21-17(20(24)25)9-19-22-18(11-26-19)15-7-13(3)6-14(4)8-15/h6-8,10-12,16-17,21H,5,9H2,1-4H3,(H,24,25)/t16-,17-/m0/s1. The van der Waals surface area contributed by atoms with E-state index in [1.165, 1.54) is 22.5 Å². The second-order valence-electron chi connectivity index (χ2n) is 7.14. The third-order valence-electron chi connectivity index (χ3n) is 4.05. The zero-order chi connectivity index (χ0) is 19.3. The van der Waals surface area contributed by atoms with Crippen LogP contribution in [-0.4, -0.2) is 34.4 Å². The van der Waals surface area contributed by atoms with Gasteiger partial charge in [-0.05, 0) is 38.3 Å². The lowest BCUT2D eigenvalue weighted by Crippen LogP contribution is -2.46. The number of benzene rings is 1. The highest BCUT2D eigenvalue weighted by molar-refractivity contribution is 7.10. The zero-order valence-electron chi connectivity index (χ0n) is 15.7. The molecule has 2 rings (SSSR count). The SMILES string of the molecule is Cc1cc(C)cc(-c2csc(C[C@H](N[C@H](C=O)CC(C)C)C(=O)O)n2)c1. The molecule has 0 radical (unpaired) electrons. The van der Waals surface area contributed by atoms with Crippen molar-refractivity contribution in [1.82, 2.24) is 10.3 Å². The number of nitrogens with zero attached hydrogens (tertiary/aromatic N) is 1. The number of hydrogen-bond acceptors (Lipinski definition) is 5. The van der Waals surface area contributed by atoms with Gasteiger partial charge in [-0.3, -0.25) is 10.1 Å². The van der Waals surface area contributed by atoms with Crippen LogP contribution in [0.2, 0.25) is 0 Å². The Kier molecular flexibility index (Phi) is 7.06. The maximum atomic E-state index is 11.6. The predicted octanol–water partition coefficient (Wildman–Crippen LogP) is 3.63. The Hall–Kier alpha value is -2.05. The lowest BCUT2D eigenvalue weighted by Gasteiger charge is -2.19. The first-order chi connectivity index (χ1) is 12.3. The van der Waals surface area contributed by atoms with Crippen molar-refractivity contribution >= 4 is 23.6 Å². The molecule has 26 heavy (non-hydrogen) atoms. The van der Waals surface area contributed by atoms with Gasteiger partial charge in [-0.2, -0.15) is 0 Å². The summed E-state index contributed by atoms with van der Waals surface area (Å²) in [6.07, 6.45) is 1.66. The average molecular weight is 375 g/mol. The van der Waals surface area contributed by atoms with E-state index in [0.29, 0.717) is 12.3 Å². The molecule has 0 saturated heterocycles. The number of aryl methyl sites for hydroxylation is 2. The first-order valence-corrected chi connectivity index (χ1v) is 9.63. The second-order valence-corrected chi connectivity index (χ2v) is 8.08. The fourth-order valence-corrected chi connectivity index (χ4v) is 3.83. The van der Waals surface area contributed by atoms with E-state index in [9.17, 15) is 14.7 Å². The Labute approximate surface area is 158 Å². The van der Waals surface area contributed by atoms with E-state index < -0.39 is 18.1 Å². The van der Waals surface area contributed by atoms with Crippen LogP contribution < -0.4 is 5.32 Å². The van der Waals surface area contributed by atoms with Gasteiger partial charge < -0.3 is 9.90 Å². The van der Waals surface area contributed by atoms with E-state index in [4.69, 9.17) is 0 Å². The largest absolute Gasteiger partial charge is 0.480 e. The number of hydrogen-bond donors (Lipinski definition) is 2. The van der Waals surface area contributed by atoms with Crippen molar-refractivity contribution in [2.24, 2.45) is 5.92 Å². The summed E-state index contributed by atoms with van der Waals surface area (Å²) in [6, 6.07) is 4.96. The molecule has 1 aromatic carbocycles. The summed E-state index contributed by atoms with van der Waals surface area (Å²) in [7, 11) is 0. The lowest BCUT2D eigenvalue weighted by atomic mass is 10.0. The summed E-state index contributed by atoms with van der Waals surface area (Å²) in [4.78, 5) is 27.4. The summed E-state index contributed by atoms with van der Waals surface area (Å²) < 4.78 is 0. The molecular weight excluding hydrogens is 348 g/mol. The van der Waals surface area contributed by atoms with E-state index >= 15 is 0 Å². The van der Waals surface area contributed by atoms with Gasteiger partial charge in [0.1, 0.15) is 12.3 Å². The van der Waals surface area contributed by atoms with Crippen molar-refractivity contribution in [3.05, 3.63) is 39.7 Å². The Balaban J connectivity index is 2.13. The normalized spacial score (nSPS) is 13.6. The Morgan fingerprint density at radius 1 is 1.27 bits per heavy atom. The molecule has 0 spiro atoms. The number of thiazole rings is 1. The fraction of sp³-hybridized carbons (Fsp3) is 0.450. The minimum atomic E-state index is -0.969. The summed E-state index contributed by atoms with van der Waals surface area (Å²) >= 11 is 1.45. The zero-order valence-corrected chi connectivity index (χ0v) is 16.5. The Bertz CT molecular complexity index is 750. The van der Waals surface area contributed by atoms with Crippen LogP contribution in [0.4, 0.5) is 0 Å². The Morgan fingerprint density at radius 2 is 1.92 bits per heavy atom. The van der Waals surface area contributed by atoms with Gasteiger partial charge in [-0.15, -0.1) is 11.3 Å². The fourth-order valence-electron chi connectivity index (χ4n) is 2.98. The maximum Gasteiger partial charge on any atom is 0.321 e. The van der Waals surface area contributed by atoms with Gasteiger partial charge in [0.2, 0.25) is 0 Å². The van der Waals surface area contributed by atoms with Crippen LogP contribution in [0.1, 0.15) is 36.4 Å². The monoisotopic (exact) mass is 374 g/mol. The molecule has 0 saturated carbocycles. The van der Waals surface area contributed by atoms with Crippen LogP contribution >= 0.6 is 11.3 Å². The van der Waals surface area contributed by atoms with Crippen LogP contribution in [0.5, 0.6) is 0 Å². The molecule has 0 aliphatic carbocycles. The number of rotatable bonds is 9. The molecule has 1 aromatic heterocycles. The highest BCUT2D eigenvalue weighted by Gasteiger charge is 2.23. The number of carbonyl (C=O) groups excluding carboxylic acids is 1. The van der Waals surface area contributed by atoms with Gasteiger partial charge in [-0.1, -0.05) is 31.0 Å². The molecule has 0 amide bonds. The van der Waals surface area contributed by atoms with Crippen LogP contribution in [0, 0.1) is 19.8 Å². The molecule has 5 nitrogen and oxygen atoms in total. The minimum absolute atomic E-state index is 0.257. The van der Waals surface area contributed by atoms with Gasteiger partial charge in [0, 0.05) is 17.4 Å². The Morgan fingerprint density at radius 3 is 2.46 bits per heavy atom. The molecule has 2 atom stereocenters. The molecule has 1 heterocycles. The summed E-state index contributed by atoms with van der Waals surface area (Å²) in [6.45, 7) is 8.10. The van der Waals surface area contributed by atoms with E-state index in [2.05, 4.69) is 28.5 Å². The number of aliphatic carboxylic acids is 1. The van der Waals surface area contributed by atoms with E-state index in [0.717, 1.165) is 22.6 Å². The summed E-state index contributed by atoms with van der Waals surface area (Å²) in [5, 5.41) is 15.2. The van der Waals surface area contributed by atoms with E-state index in [1.54, 1.807) is 0 Å². The number of carboxylic acid groups (broad SMARTS) is 1. The van der Waals surface area contributed by atoms with Gasteiger partial charge >= 0.3 is 5.97 Å². The number of carbonyl (C=O) groups is 2. The average Bonchev–Trinajstić information content (AvgIpc) is 3.00. The number of aldehydes is 1. The highest BCUT2D eigenvalue weighted by atomic mass is 32.1. The second kappa shape index (κ2) is 9.05. The van der Waals surface area contributed by atoms with Crippen LogP contribution in [-0.2, 0) is 16.0 Å². The molecule has 6 heteroatoms. The molecule has 2 N–H and O–H groups in total. The van der Waals surface area contributed by atoms with Gasteiger partial charge in [0.05, 0.1) is 16.7 Å². The minimum Gasteiger partial charge on any atom is -0.480 e. The van der Waals surface area contributed by atoms with E-state index in [1.807, 2.05) is 33.1 Å². The van der Waals surface area contributed by atoms with Crippen molar-refractivity contribution in [1.29, 1.82) is 0 Å². The van der Waals surface area contributed by atoms with Crippen molar-refractivity contribution in [3.8, 4) is 11.3 Å². The topological polar surface area (TPSA) is 79.3 Å². The highest BCUT2D eigenvalue weighted by Crippen LogP contribution is 2.25. The van der Waals surface area contributed by atoms with Crippen molar-refractivity contribution in [3.63, 3.8) is 0 Å². The van der Waals surface area contributed by atoms with Crippen molar-refractivity contribution in [2.75, 3.05) is 0 Å². The third kappa shape index (κ3) is 5.75. The molecule has 0 aliphatic heterocycles. The van der Waals surface area contributed by atoms with Crippen molar-refractivity contribution < 1.29 is 14.7 Å². The molecule has 140 valence electrons. The molecule has 0 unspecified atom stereocenters. The predicted molar refractivity (Wildman–Crippen MR) is 105 cm³/mol. The summed E-state index contributed by atoms with van der Waals surface area (Å²) in [5.41, 5.74) is 4.23. The van der Waals surface area contributed by atoms with Gasteiger partial charge in [0.15, 0.2) is 0 Å². The van der Waals surface area contributed by atoms with Gasteiger partial charge in [0.25, 0.3) is 0 Å². The van der Waals surface area contributed by atoms with Gasteiger partial charge in [-0.25, -0.2) is 4.98 Å². The van der Waals surface area contributed by atoms with Crippen LogP contribution in [0.15, 0.2) is 23.6 Å². The first kappa shape index (κ1) is 20.3. The van der Waals surface area contributed by atoms with Crippen LogP contribution in [0.25, 0.3) is 11.3 Å².